The topological polar surface area (TPSA) is 57.2 Å². The smallest absolute Gasteiger partial charge is 0.385 e. The molecule has 1 unspecified atom stereocenters. The second kappa shape index (κ2) is 12.8. The van der Waals surface area contributed by atoms with Gasteiger partial charge in [0.25, 0.3) is 0 Å². The summed E-state index contributed by atoms with van der Waals surface area (Å²) in [5.41, 5.74) is 0.590. The van der Waals surface area contributed by atoms with Crippen LogP contribution in [0.4, 0.5) is 5.69 Å². The van der Waals surface area contributed by atoms with E-state index >= 15 is 0 Å². The molecule has 0 aliphatic carbocycles. The Kier molecular flexibility index (Phi) is 12.3. The van der Waals surface area contributed by atoms with Gasteiger partial charge >= 0.3 is 5.69 Å². The van der Waals surface area contributed by atoms with E-state index in [1.807, 2.05) is 29.0 Å². The highest BCUT2D eigenvalue weighted by Crippen LogP contribution is 2.35. The lowest BCUT2D eigenvalue weighted by Gasteiger charge is -2.09. The lowest BCUT2D eigenvalue weighted by Crippen LogP contribution is -3.00. The minimum atomic E-state index is 0. The Hall–Kier alpha value is -0.900. The van der Waals surface area contributed by atoms with E-state index in [-0.39, 0.29) is 18.3 Å². The molecule has 21 heavy (non-hydrogen) atoms. The highest BCUT2D eigenvalue weighted by Gasteiger charge is 2.17. The molecule has 1 aliphatic heterocycles. The summed E-state index contributed by atoms with van der Waals surface area (Å²) >= 11 is 0. The molecule has 7 heteroatoms. The van der Waals surface area contributed by atoms with Crippen LogP contribution in [-0.4, -0.2) is 17.0 Å². The number of nitrogens with one attached hydrogen (secondary N) is 1. The highest BCUT2D eigenvalue weighted by atomic mass is 35.5. The van der Waals surface area contributed by atoms with Crippen molar-refractivity contribution in [1.82, 2.24) is 5.32 Å². The predicted molar refractivity (Wildman–Crippen MR) is 87.3 cm³/mol. The summed E-state index contributed by atoms with van der Waals surface area (Å²) in [6, 6.07) is 8.94. The van der Waals surface area contributed by atoms with Gasteiger partial charge in [-0.1, -0.05) is 53.1 Å². The fourth-order valence-corrected chi connectivity index (χ4v) is 4.15. The van der Waals surface area contributed by atoms with E-state index in [9.17, 15) is 4.79 Å². The summed E-state index contributed by atoms with van der Waals surface area (Å²) in [6.45, 7) is 2.10. The Morgan fingerprint density at radius 1 is 1.43 bits per heavy atom. The molecule has 1 heterocycles. The van der Waals surface area contributed by atoms with Gasteiger partial charge in [-0.3, -0.25) is 4.79 Å². The van der Waals surface area contributed by atoms with Gasteiger partial charge in [0, 0.05) is 24.3 Å². The van der Waals surface area contributed by atoms with Crippen LogP contribution < -0.4 is 17.7 Å². The SMILES string of the molecule is CCCCC(=O)NC1CCSS1.N#[N+]c1ccccc1.[Cl-]. The van der Waals surface area contributed by atoms with E-state index in [0.717, 1.165) is 19.3 Å². The molecule has 0 spiro atoms. The summed E-state index contributed by atoms with van der Waals surface area (Å²) in [6.07, 6.45) is 3.92. The first-order valence-electron chi connectivity index (χ1n) is 6.74. The number of rotatable bonds is 4. The minimum Gasteiger partial charge on any atom is -1.00 e. The van der Waals surface area contributed by atoms with E-state index in [0.29, 0.717) is 17.5 Å². The van der Waals surface area contributed by atoms with Crippen molar-refractivity contribution in [3.8, 4) is 0 Å². The number of carbonyl (C=O) groups is 1. The molecular formula is C14H20ClN3OS2. The van der Waals surface area contributed by atoms with Crippen LogP contribution in [0, 0.1) is 5.39 Å². The van der Waals surface area contributed by atoms with Crippen molar-refractivity contribution in [1.29, 1.82) is 5.39 Å². The number of carbonyl (C=O) groups excluding carboxylic acids is 1. The summed E-state index contributed by atoms with van der Waals surface area (Å²) in [5.74, 6) is 1.39. The maximum absolute atomic E-state index is 11.2. The quantitative estimate of drug-likeness (QED) is 0.665. The molecule has 1 aromatic carbocycles. The maximum Gasteiger partial charge on any atom is 0.385 e. The van der Waals surface area contributed by atoms with E-state index < -0.39 is 0 Å². The Morgan fingerprint density at radius 2 is 2.14 bits per heavy atom. The molecule has 116 valence electrons. The third-order valence-corrected chi connectivity index (χ3v) is 5.33. The lowest BCUT2D eigenvalue weighted by molar-refractivity contribution is -0.121. The number of amides is 1. The van der Waals surface area contributed by atoms with Crippen molar-refractivity contribution in [2.24, 2.45) is 0 Å². The second-order valence-electron chi connectivity index (χ2n) is 4.30. The van der Waals surface area contributed by atoms with Crippen LogP contribution in [0.1, 0.15) is 32.6 Å². The molecular weight excluding hydrogens is 326 g/mol. The fourth-order valence-electron chi connectivity index (χ4n) is 1.51. The number of hydrogen-bond acceptors (Lipinski definition) is 4. The molecule has 0 saturated carbocycles. The van der Waals surface area contributed by atoms with Gasteiger partial charge in [-0.15, -0.1) is 0 Å². The van der Waals surface area contributed by atoms with Gasteiger partial charge in [0.05, 0.1) is 5.37 Å². The number of benzene rings is 1. The summed E-state index contributed by atoms with van der Waals surface area (Å²) in [4.78, 5) is 14.2. The number of nitrogens with zero attached hydrogens (tertiary/aromatic N) is 2. The molecule has 1 aromatic rings. The molecule has 0 aromatic heterocycles. The zero-order valence-corrected chi connectivity index (χ0v) is 14.4. The normalized spacial score (nSPS) is 15.9. The summed E-state index contributed by atoms with van der Waals surface area (Å²) in [7, 11) is 3.64. The number of unbranched alkanes of at least 4 members (excludes halogenated alkanes) is 1. The van der Waals surface area contributed by atoms with Crippen molar-refractivity contribution in [3.05, 3.63) is 35.3 Å². The minimum absolute atomic E-state index is 0. The van der Waals surface area contributed by atoms with Gasteiger partial charge in [-0.2, -0.15) is 0 Å². The Bertz CT molecular complexity index is 434. The van der Waals surface area contributed by atoms with Gasteiger partial charge in [0.1, 0.15) is 0 Å². The second-order valence-corrected chi connectivity index (χ2v) is 6.99. The van der Waals surface area contributed by atoms with Crippen LogP contribution in [0.2, 0.25) is 0 Å². The molecule has 1 fully saturated rings. The van der Waals surface area contributed by atoms with Crippen LogP contribution in [0.3, 0.4) is 0 Å². The molecule has 1 saturated heterocycles. The lowest BCUT2D eigenvalue weighted by atomic mass is 10.2. The molecule has 4 nitrogen and oxygen atoms in total. The largest absolute Gasteiger partial charge is 1.00 e. The van der Waals surface area contributed by atoms with E-state index in [4.69, 9.17) is 5.39 Å². The predicted octanol–water partition coefficient (Wildman–Crippen LogP) is 1.58. The van der Waals surface area contributed by atoms with Gasteiger partial charge in [-0.25, -0.2) is 0 Å². The van der Waals surface area contributed by atoms with E-state index in [1.54, 1.807) is 22.9 Å². The van der Waals surface area contributed by atoms with E-state index in [2.05, 4.69) is 17.2 Å². The fraction of sp³-hybridized carbons (Fsp3) is 0.500. The molecule has 1 N–H and O–H groups in total. The average Bonchev–Trinajstić information content (AvgIpc) is 2.99. The first-order valence-corrected chi connectivity index (χ1v) is 9.12. The molecule has 1 aliphatic rings. The molecule has 0 radical (unpaired) electrons. The van der Waals surface area contributed by atoms with Crippen LogP contribution in [0.5, 0.6) is 0 Å². The van der Waals surface area contributed by atoms with Gasteiger partial charge in [0.2, 0.25) is 11.3 Å². The van der Waals surface area contributed by atoms with Crippen molar-refractivity contribution in [3.63, 3.8) is 0 Å². The van der Waals surface area contributed by atoms with Crippen molar-refractivity contribution < 1.29 is 17.2 Å². The van der Waals surface area contributed by atoms with Crippen LogP contribution in [0.25, 0.3) is 4.98 Å². The molecule has 1 atom stereocenters. The Morgan fingerprint density at radius 3 is 2.62 bits per heavy atom. The average molecular weight is 346 g/mol. The van der Waals surface area contributed by atoms with E-state index in [1.165, 1.54) is 5.75 Å². The van der Waals surface area contributed by atoms with Crippen molar-refractivity contribution in [2.75, 3.05) is 5.75 Å². The summed E-state index contributed by atoms with van der Waals surface area (Å²) in [5, 5.41) is 11.6. The first kappa shape index (κ1) is 20.1. The zero-order chi connectivity index (χ0) is 14.6. The van der Waals surface area contributed by atoms with Crippen molar-refractivity contribution >= 4 is 33.2 Å². The number of hydrogen-bond donors (Lipinski definition) is 1. The van der Waals surface area contributed by atoms with Gasteiger partial charge in [-0.05, 0) is 12.8 Å². The number of diazo groups is 1. The van der Waals surface area contributed by atoms with Gasteiger partial charge < -0.3 is 17.7 Å². The highest BCUT2D eigenvalue weighted by molar-refractivity contribution is 8.77. The van der Waals surface area contributed by atoms with Crippen molar-refractivity contribution in [2.45, 2.75) is 38.0 Å². The Labute approximate surface area is 140 Å². The zero-order valence-electron chi connectivity index (χ0n) is 12.0. The maximum atomic E-state index is 11.2. The number of halogens is 1. The summed E-state index contributed by atoms with van der Waals surface area (Å²) < 4.78 is 0. The third-order valence-electron chi connectivity index (χ3n) is 2.60. The molecule has 2 rings (SSSR count). The Balaban J connectivity index is 0.000000390. The third kappa shape index (κ3) is 9.62. The van der Waals surface area contributed by atoms with Crippen LogP contribution in [-0.2, 0) is 4.79 Å². The monoisotopic (exact) mass is 345 g/mol. The molecule has 1 amide bonds. The van der Waals surface area contributed by atoms with Crippen LogP contribution >= 0.6 is 21.6 Å². The molecule has 0 bridgehead atoms. The van der Waals surface area contributed by atoms with Gasteiger partial charge in [0.15, 0.2) is 4.98 Å². The van der Waals surface area contributed by atoms with Crippen LogP contribution in [0.15, 0.2) is 30.3 Å². The first-order chi connectivity index (χ1) is 9.76. The standard InChI is InChI=1S/C8H15NOS2.C6H5N2.ClH/c1-2-3-4-7(10)9-8-5-6-11-12-8;7-8-6-4-2-1-3-5-6;/h8H,2-6H2,1H3,(H,9,10);1-5H;1H/q;+1;/p-1.